The van der Waals surface area contributed by atoms with Gasteiger partial charge in [-0.1, -0.05) is 0 Å². The van der Waals surface area contributed by atoms with Crippen LogP contribution in [0.5, 0.6) is 0 Å². The molecule has 0 amide bonds. The van der Waals surface area contributed by atoms with Crippen LogP contribution in [-0.2, 0) is 11.2 Å². The molecule has 0 aliphatic heterocycles. The van der Waals surface area contributed by atoms with Crippen LogP contribution in [0.25, 0.3) is 0 Å². The highest BCUT2D eigenvalue weighted by Gasteiger charge is 2.03. The van der Waals surface area contributed by atoms with Crippen molar-refractivity contribution in [1.29, 1.82) is 0 Å². The Morgan fingerprint density at radius 1 is 1.20 bits per heavy atom. The van der Waals surface area contributed by atoms with E-state index < -0.39 is 0 Å². The average molecular weight is 209 g/mol. The van der Waals surface area contributed by atoms with E-state index in [1.807, 2.05) is 13.8 Å². The number of methoxy groups -OCH3 is 1. The summed E-state index contributed by atoms with van der Waals surface area (Å²) in [4.78, 5) is 8.38. The normalized spacial score (nSPS) is 10.6. The maximum absolute atomic E-state index is 4.95. The van der Waals surface area contributed by atoms with Crippen LogP contribution in [0.2, 0.25) is 0 Å². The first-order chi connectivity index (χ1) is 7.25. The minimum absolute atomic E-state index is 0.753. The summed E-state index contributed by atoms with van der Waals surface area (Å²) >= 11 is 0. The Kier molecular flexibility index (Phi) is 5.21. The minimum Gasteiger partial charge on any atom is -0.383 e. The SMILES string of the molecule is COCCNCCc1c(C)ncnc1C. The highest BCUT2D eigenvalue weighted by molar-refractivity contribution is 5.22. The third-order valence-electron chi connectivity index (χ3n) is 2.41. The summed E-state index contributed by atoms with van der Waals surface area (Å²) in [6.07, 6.45) is 2.59. The van der Waals surface area contributed by atoms with Gasteiger partial charge in [0.25, 0.3) is 0 Å². The lowest BCUT2D eigenvalue weighted by atomic mass is 10.1. The maximum atomic E-state index is 4.95. The van der Waals surface area contributed by atoms with E-state index in [9.17, 15) is 0 Å². The second kappa shape index (κ2) is 6.48. The van der Waals surface area contributed by atoms with Gasteiger partial charge in [0, 0.05) is 25.0 Å². The smallest absolute Gasteiger partial charge is 0.115 e. The zero-order valence-corrected chi connectivity index (χ0v) is 9.71. The quantitative estimate of drug-likeness (QED) is 0.706. The third kappa shape index (κ3) is 3.93. The molecule has 0 bridgehead atoms. The molecule has 0 aromatic carbocycles. The van der Waals surface area contributed by atoms with Gasteiger partial charge in [-0.3, -0.25) is 0 Å². The van der Waals surface area contributed by atoms with Crippen molar-refractivity contribution in [3.05, 3.63) is 23.3 Å². The molecule has 0 unspecified atom stereocenters. The number of aromatic nitrogens is 2. The molecule has 1 aromatic heterocycles. The number of nitrogens with one attached hydrogen (secondary N) is 1. The number of hydrogen-bond acceptors (Lipinski definition) is 4. The summed E-state index contributed by atoms with van der Waals surface area (Å²) in [6, 6.07) is 0. The highest BCUT2D eigenvalue weighted by atomic mass is 16.5. The second-order valence-electron chi connectivity index (χ2n) is 3.52. The van der Waals surface area contributed by atoms with Gasteiger partial charge in [-0.25, -0.2) is 9.97 Å². The molecule has 0 saturated carbocycles. The van der Waals surface area contributed by atoms with E-state index in [-0.39, 0.29) is 0 Å². The summed E-state index contributed by atoms with van der Waals surface area (Å²) in [6.45, 7) is 6.64. The fourth-order valence-corrected chi connectivity index (χ4v) is 1.49. The zero-order chi connectivity index (χ0) is 11.1. The predicted molar refractivity (Wildman–Crippen MR) is 60.0 cm³/mol. The van der Waals surface area contributed by atoms with E-state index in [0.29, 0.717) is 0 Å². The van der Waals surface area contributed by atoms with E-state index >= 15 is 0 Å². The lowest BCUT2D eigenvalue weighted by Gasteiger charge is -2.08. The molecule has 0 atom stereocenters. The van der Waals surface area contributed by atoms with Gasteiger partial charge in [-0.2, -0.15) is 0 Å². The summed E-state index contributed by atoms with van der Waals surface area (Å²) in [5.74, 6) is 0. The first-order valence-electron chi connectivity index (χ1n) is 5.22. The van der Waals surface area contributed by atoms with Crippen molar-refractivity contribution in [1.82, 2.24) is 15.3 Å². The van der Waals surface area contributed by atoms with Gasteiger partial charge in [0.2, 0.25) is 0 Å². The third-order valence-corrected chi connectivity index (χ3v) is 2.41. The van der Waals surface area contributed by atoms with Crippen LogP contribution in [0.4, 0.5) is 0 Å². The van der Waals surface area contributed by atoms with Crippen molar-refractivity contribution >= 4 is 0 Å². The van der Waals surface area contributed by atoms with Crippen molar-refractivity contribution in [3.63, 3.8) is 0 Å². The lowest BCUT2D eigenvalue weighted by Crippen LogP contribution is -2.22. The molecule has 15 heavy (non-hydrogen) atoms. The molecule has 0 aliphatic rings. The first kappa shape index (κ1) is 12.1. The molecule has 0 radical (unpaired) electrons. The minimum atomic E-state index is 0.753. The van der Waals surface area contributed by atoms with E-state index in [2.05, 4.69) is 15.3 Å². The van der Waals surface area contributed by atoms with Gasteiger partial charge in [-0.05, 0) is 32.4 Å². The van der Waals surface area contributed by atoms with Gasteiger partial charge in [-0.15, -0.1) is 0 Å². The van der Waals surface area contributed by atoms with Crippen LogP contribution in [0.3, 0.4) is 0 Å². The van der Waals surface area contributed by atoms with Crippen molar-refractivity contribution in [3.8, 4) is 0 Å². The summed E-state index contributed by atoms with van der Waals surface area (Å²) < 4.78 is 4.95. The molecule has 1 heterocycles. The Balaban J connectivity index is 2.37. The molecule has 1 aromatic rings. The number of nitrogens with zero attached hydrogens (tertiary/aromatic N) is 2. The largest absolute Gasteiger partial charge is 0.383 e. The molecule has 1 rings (SSSR count). The molecule has 0 aliphatic carbocycles. The molecule has 4 nitrogen and oxygen atoms in total. The molecular weight excluding hydrogens is 190 g/mol. The van der Waals surface area contributed by atoms with Crippen molar-refractivity contribution < 1.29 is 4.74 Å². The van der Waals surface area contributed by atoms with Crippen LogP contribution in [0.15, 0.2) is 6.33 Å². The number of aryl methyl sites for hydroxylation is 2. The Hall–Kier alpha value is -1.00. The Morgan fingerprint density at radius 2 is 1.87 bits per heavy atom. The van der Waals surface area contributed by atoms with Crippen molar-refractivity contribution in [2.24, 2.45) is 0 Å². The molecule has 84 valence electrons. The number of ether oxygens (including phenoxy) is 1. The molecular formula is C11H19N3O. The van der Waals surface area contributed by atoms with Gasteiger partial charge in [0.05, 0.1) is 6.61 Å². The van der Waals surface area contributed by atoms with Crippen LogP contribution < -0.4 is 5.32 Å². The van der Waals surface area contributed by atoms with Crippen LogP contribution in [0, 0.1) is 13.8 Å². The molecule has 4 heteroatoms. The fourth-order valence-electron chi connectivity index (χ4n) is 1.49. The Labute approximate surface area is 91.1 Å². The summed E-state index contributed by atoms with van der Waals surface area (Å²) in [5, 5.41) is 3.31. The van der Waals surface area contributed by atoms with E-state index in [1.54, 1.807) is 13.4 Å². The monoisotopic (exact) mass is 209 g/mol. The van der Waals surface area contributed by atoms with Gasteiger partial charge in [0.15, 0.2) is 0 Å². The Morgan fingerprint density at radius 3 is 2.47 bits per heavy atom. The molecule has 1 N–H and O–H groups in total. The second-order valence-corrected chi connectivity index (χ2v) is 3.52. The lowest BCUT2D eigenvalue weighted by molar-refractivity contribution is 0.199. The van der Waals surface area contributed by atoms with E-state index in [0.717, 1.165) is 37.5 Å². The maximum Gasteiger partial charge on any atom is 0.115 e. The molecule has 0 fully saturated rings. The topological polar surface area (TPSA) is 47.0 Å². The predicted octanol–water partition coefficient (Wildman–Crippen LogP) is 0.872. The summed E-state index contributed by atoms with van der Waals surface area (Å²) in [5.41, 5.74) is 3.41. The van der Waals surface area contributed by atoms with Crippen LogP contribution in [0.1, 0.15) is 17.0 Å². The molecule has 0 saturated heterocycles. The van der Waals surface area contributed by atoms with Crippen LogP contribution >= 0.6 is 0 Å². The Bertz CT molecular complexity index is 282. The fraction of sp³-hybridized carbons (Fsp3) is 0.636. The summed E-state index contributed by atoms with van der Waals surface area (Å²) in [7, 11) is 1.71. The van der Waals surface area contributed by atoms with Gasteiger partial charge >= 0.3 is 0 Å². The number of rotatable bonds is 6. The van der Waals surface area contributed by atoms with Crippen LogP contribution in [-0.4, -0.2) is 36.8 Å². The zero-order valence-electron chi connectivity index (χ0n) is 9.71. The standard InChI is InChI=1S/C11H19N3O/c1-9-11(10(2)14-8-13-9)4-5-12-6-7-15-3/h8,12H,4-7H2,1-3H3. The number of hydrogen-bond donors (Lipinski definition) is 1. The van der Waals surface area contributed by atoms with Crippen molar-refractivity contribution in [2.45, 2.75) is 20.3 Å². The first-order valence-corrected chi connectivity index (χ1v) is 5.22. The van der Waals surface area contributed by atoms with Gasteiger partial charge < -0.3 is 10.1 Å². The molecule has 0 spiro atoms. The van der Waals surface area contributed by atoms with E-state index in [4.69, 9.17) is 4.74 Å². The highest BCUT2D eigenvalue weighted by Crippen LogP contribution is 2.07. The van der Waals surface area contributed by atoms with Gasteiger partial charge in [0.1, 0.15) is 6.33 Å². The van der Waals surface area contributed by atoms with Crippen molar-refractivity contribution in [2.75, 3.05) is 26.8 Å². The average Bonchev–Trinajstić information content (AvgIpc) is 2.21. The van der Waals surface area contributed by atoms with E-state index in [1.165, 1.54) is 5.56 Å².